The monoisotopic (exact) mass is 294 g/mol. The Hall–Kier alpha value is -1.71. The highest BCUT2D eigenvalue weighted by molar-refractivity contribution is 5.82. The Morgan fingerprint density at radius 2 is 2.14 bits per heavy atom. The van der Waals surface area contributed by atoms with Gasteiger partial charge in [-0.15, -0.1) is 6.58 Å². The summed E-state index contributed by atoms with van der Waals surface area (Å²) in [5.41, 5.74) is 1.98. The maximum absolute atomic E-state index is 11.1. The maximum Gasteiger partial charge on any atom is 0.0840 e. The van der Waals surface area contributed by atoms with Gasteiger partial charge in [0, 0.05) is 30.6 Å². The van der Waals surface area contributed by atoms with Crippen LogP contribution in [0, 0.1) is 17.8 Å². The summed E-state index contributed by atoms with van der Waals surface area (Å²) >= 11 is 0. The van der Waals surface area contributed by atoms with E-state index < -0.39 is 6.10 Å². The fourth-order valence-electron chi connectivity index (χ4n) is 4.39. The van der Waals surface area contributed by atoms with Gasteiger partial charge in [-0.1, -0.05) is 24.3 Å². The molecule has 114 valence electrons. The van der Waals surface area contributed by atoms with E-state index in [1.807, 2.05) is 30.5 Å². The smallest absolute Gasteiger partial charge is 0.0840 e. The molecule has 1 unspecified atom stereocenters. The quantitative estimate of drug-likeness (QED) is 0.884. The minimum absolute atomic E-state index is 0.288. The van der Waals surface area contributed by atoms with Crippen LogP contribution in [0.4, 0.5) is 0 Å². The zero-order chi connectivity index (χ0) is 15.1. The van der Waals surface area contributed by atoms with Crippen LogP contribution in [0.1, 0.15) is 18.1 Å². The highest BCUT2D eigenvalue weighted by Crippen LogP contribution is 2.43. The summed E-state index contributed by atoms with van der Waals surface area (Å²) in [4.78, 5) is 6.89. The van der Waals surface area contributed by atoms with Crippen LogP contribution in [-0.2, 0) is 0 Å². The molecule has 1 aromatic heterocycles. The average molecular weight is 294 g/mol. The number of pyridine rings is 1. The first-order valence-corrected chi connectivity index (χ1v) is 8.14. The van der Waals surface area contributed by atoms with Gasteiger partial charge in [-0.25, -0.2) is 0 Å². The predicted molar refractivity (Wildman–Crippen MR) is 88.4 cm³/mol. The SMILES string of the molecule is C=C[C@H]1CN2CC[C@H]1[C@H]([C@@H](O)c1ccnc3ccccc13)C2. The van der Waals surface area contributed by atoms with E-state index in [9.17, 15) is 5.11 Å². The van der Waals surface area contributed by atoms with E-state index in [4.69, 9.17) is 0 Å². The Labute approximate surface area is 131 Å². The Bertz CT molecular complexity index is 693. The van der Waals surface area contributed by atoms with E-state index in [1.54, 1.807) is 0 Å². The Balaban J connectivity index is 1.71. The third kappa shape index (κ3) is 2.16. The molecule has 1 N–H and O–H groups in total. The highest BCUT2D eigenvalue weighted by Gasteiger charge is 2.43. The molecule has 0 spiro atoms. The number of fused-ring (bicyclic) bond motifs is 4. The van der Waals surface area contributed by atoms with Crippen molar-refractivity contribution in [2.75, 3.05) is 19.6 Å². The summed E-state index contributed by atoms with van der Waals surface area (Å²) in [6.07, 6.45) is 4.64. The molecule has 5 rings (SSSR count). The van der Waals surface area contributed by atoms with Crippen LogP contribution in [0.15, 0.2) is 49.2 Å². The average Bonchev–Trinajstić information content (AvgIpc) is 2.60. The Kier molecular flexibility index (Phi) is 3.47. The molecule has 22 heavy (non-hydrogen) atoms. The topological polar surface area (TPSA) is 36.4 Å². The molecule has 3 heteroatoms. The minimum atomic E-state index is -0.427. The summed E-state index contributed by atoms with van der Waals surface area (Å²) in [5, 5.41) is 12.2. The van der Waals surface area contributed by atoms with Gasteiger partial charge >= 0.3 is 0 Å². The number of hydrogen-bond acceptors (Lipinski definition) is 3. The van der Waals surface area contributed by atoms with Crippen LogP contribution >= 0.6 is 0 Å². The van der Waals surface area contributed by atoms with Gasteiger partial charge < -0.3 is 10.0 Å². The number of aliphatic hydroxyl groups is 1. The Morgan fingerprint density at radius 1 is 1.27 bits per heavy atom. The zero-order valence-electron chi connectivity index (χ0n) is 12.7. The van der Waals surface area contributed by atoms with Crippen molar-refractivity contribution < 1.29 is 5.11 Å². The molecule has 3 aliphatic rings. The van der Waals surface area contributed by atoms with Gasteiger partial charge in [-0.3, -0.25) is 4.98 Å². The van der Waals surface area contributed by atoms with Crippen molar-refractivity contribution in [3.63, 3.8) is 0 Å². The van der Waals surface area contributed by atoms with E-state index in [0.29, 0.717) is 11.8 Å². The fourth-order valence-corrected chi connectivity index (χ4v) is 4.39. The second kappa shape index (κ2) is 5.49. The molecule has 0 saturated carbocycles. The highest BCUT2D eigenvalue weighted by atomic mass is 16.3. The van der Waals surface area contributed by atoms with Crippen LogP contribution < -0.4 is 0 Å². The minimum Gasteiger partial charge on any atom is -0.388 e. The molecule has 0 aliphatic carbocycles. The first kappa shape index (κ1) is 13.9. The number of benzene rings is 1. The van der Waals surface area contributed by atoms with Crippen molar-refractivity contribution in [2.45, 2.75) is 12.5 Å². The standard InChI is InChI=1S/C19H22N2O/c1-2-13-11-21-10-8-14(13)17(12-21)19(22)16-7-9-20-18-6-4-3-5-15(16)18/h2-7,9,13-14,17,19,22H,1,8,10-12H2/t13-,14+,17+,19-/m0/s1. The van der Waals surface area contributed by atoms with Gasteiger partial charge in [0.15, 0.2) is 0 Å². The van der Waals surface area contributed by atoms with Crippen LogP contribution in [0.3, 0.4) is 0 Å². The number of para-hydroxylation sites is 1. The lowest BCUT2D eigenvalue weighted by molar-refractivity contribution is -0.0472. The van der Waals surface area contributed by atoms with Crippen molar-refractivity contribution >= 4 is 10.9 Å². The second-order valence-electron chi connectivity index (χ2n) is 6.64. The van der Waals surface area contributed by atoms with Crippen molar-refractivity contribution in [3.8, 4) is 0 Å². The largest absolute Gasteiger partial charge is 0.388 e. The van der Waals surface area contributed by atoms with Crippen LogP contribution in [-0.4, -0.2) is 34.6 Å². The molecule has 3 nitrogen and oxygen atoms in total. The normalized spacial score (nSPS) is 32.0. The third-order valence-corrected chi connectivity index (χ3v) is 5.53. The number of aromatic nitrogens is 1. The maximum atomic E-state index is 11.1. The van der Waals surface area contributed by atoms with Gasteiger partial charge in [-0.2, -0.15) is 0 Å². The van der Waals surface area contributed by atoms with E-state index in [1.165, 1.54) is 6.42 Å². The van der Waals surface area contributed by atoms with Gasteiger partial charge in [0.2, 0.25) is 0 Å². The summed E-state index contributed by atoms with van der Waals surface area (Å²) < 4.78 is 0. The van der Waals surface area contributed by atoms with E-state index in [0.717, 1.165) is 36.1 Å². The molecular weight excluding hydrogens is 272 g/mol. The van der Waals surface area contributed by atoms with E-state index in [-0.39, 0.29) is 5.92 Å². The number of rotatable bonds is 3. The lowest BCUT2D eigenvalue weighted by Gasteiger charge is -2.50. The molecule has 4 heterocycles. The Morgan fingerprint density at radius 3 is 2.95 bits per heavy atom. The molecule has 2 aromatic rings. The van der Waals surface area contributed by atoms with Gasteiger partial charge in [-0.05, 0) is 42.5 Å². The lowest BCUT2D eigenvalue weighted by atomic mass is 9.69. The second-order valence-corrected chi connectivity index (χ2v) is 6.64. The summed E-state index contributed by atoms with van der Waals surface area (Å²) in [7, 11) is 0. The first-order chi connectivity index (χ1) is 10.8. The molecule has 5 atom stereocenters. The number of piperidine rings is 3. The lowest BCUT2D eigenvalue weighted by Crippen LogP contribution is -2.53. The van der Waals surface area contributed by atoms with Crippen molar-refractivity contribution in [1.29, 1.82) is 0 Å². The van der Waals surface area contributed by atoms with Gasteiger partial charge in [0.05, 0.1) is 11.6 Å². The number of aliphatic hydroxyl groups excluding tert-OH is 1. The van der Waals surface area contributed by atoms with Crippen molar-refractivity contribution in [2.24, 2.45) is 17.8 Å². The molecule has 0 radical (unpaired) electrons. The molecule has 2 bridgehead atoms. The molecule has 3 saturated heterocycles. The van der Waals surface area contributed by atoms with Crippen molar-refractivity contribution in [3.05, 3.63) is 54.7 Å². The molecule has 0 amide bonds. The molecule has 3 aliphatic heterocycles. The number of nitrogens with zero attached hydrogens (tertiary/aromatic N) is 2. The van der Waals surface area contributed by atoms with Crippen LogP contribution in [0.25, 0.3) is 10.9 Å². The molecule has 3 fully saturated rings. The first-order valence-electron chi connectivity index (χ1n) is 8.14. The third-order valence-electron chi connectivity index (χ3n) is 5.53. The van der Waals surface area contributed by atoms with E-state index >= 15 is 0 Å². The van der Waals surface area contributed by atoms with Crippen molar-refractivity contribution in [1.82, 2.24) is 9.88 Å². The zero-order valence-corrected chi connectivity index (χ0v) is 12.7. The summed E-state index contributed by atoms with van der Waals surface area (Å²) in [5.74, 6) is 1.34. The van der Waals surface area contributed by atoms with Crippen LogP contribution in [0.5, 0.6) is 0 Å². The van der Waals surface area contributed by atoms with E-state index in [2.05, 4.69) is 28.6 Å². The van der Waals surface area contributed by atoms with Gasteiger partial charge in [0.25, 0.3) is 0 Å². The summed E-state index contributed by atoms with van der Waals surface area (Å²) in [6.45, 7) is 7.26. The van der Waals surface area contributed by atoms with Crippen LogP contribution in [0.2, 0.25) is 0 Å². The predicted octanol–water partition coefficient (Wildman–Crippen LogP) is 3.02. The fraction of sp³-hybridized carbons (Fsp3) is 0.421. The molecular formula is C19H22N2O. The number of hydrogen-bond donors (Lipinski definition) is 1. The summed E-state index contributed by atoms with van der Waals surface area (Å²) in [6, 6.07) is 10.1. The van der Waals surface area contributed by atoms with Gasteiger partial charge in [0.1, 0.15) is 0 Å². The molecule has 1 aromatic carbocycles.